The lowest BCUT2D eigenvalue weighted by Crippen LogP contribution is -2.47. The second kappa shape index (κ2) is 8.18. The number of methoxy groups -OCH3 is 1. The van der Waals surface area contributed by atoms with E-state index in [1.165, 1.54) is 64.6 Å². The molecule has 0 amide bonds. The van der Waals surface area contributed by atoms with E-state index in [2.05, 4.69) is 46.5 Å². The van der Waals surface area contributed by atoms with Crippen LogP contribution < -0.4 is 5.32 Å². The third-order valence-electron chi connectivity index (χ3n) is 8.14. The van der Waals surface area contributed by atoms with Gasteiger partial charge in [0.25, 0.3) is 0 Å². The Labute approximate surface area is 185 Å². The highest BCUT2D eigenvalue weighted by atomic mass is 16.5. The molecule has 0 unspecified atom stereocenters. The maximum Gasteiger partial charge on any atom is 0.330 e. The first-order valence-corrected chi connectivity index (χ1v) is 11.8. The van der Waals surface area contributed by atoms with Crippen molar-refractivity contribution in [2.75, 3.05) is 19.0 Å². The zero-order chi connectivity index (χ0) is 21.3. The molecule has 0 aromatic heterocycles. The van der Waals surface area contributed by atoms with Crippen LogP contribution in [-0.2, 0) is 14.9 Å². The molecule has 3 nitrogen and oxygen atoms in total. The fourth-order valence-electron chi connectivity index (χ4n) is 5.76. The van der Waals surface area contributed by atoms with E-state index < -0.39 is 0 Å². The van der Waals surface area contributed by atoms with Crippen LogP contribution in [0.1, 0.15) is 74.0 Å². The van der Waals surface area contributed by atoms with Crippen LogP contribution in [0.25, 0.3) is 6.08 Å². The van der Waals surface area contributed by atoms with Gasteiger partial charge in [-0.1, -0.05) is 36.4 Å². The average Bonchev–Trinajstić information content (AvgIpc) is 3.69. The van der Waals surface area contributed by atoms with Gasteiger partial charge >= 0.3 is 5.97 Å². The molecule has 4 aliphatic rings. The summed E-state index contributed by atoms with van der Waals surface area (Å²) in [5, 5.41) is 3.70. The van der Waals surface area contributed by atoms with E-state index in [1.807, 2.05) is 12.1 Å². The van der Waals surface area contributed by atoms with E-state index in [9.17, 15) is 4.79 Å². The van der Waals surface area contributed by atoms with Gasteiger partial charge in [0.05, 0.1) is 7.11 Å². The van der Waals surface area contributed by atoms with Crippen molar-refractivity contribution in [3.05, 3.63) is 71.3 Å². The van der Waals surface area contributed by atoms with E-state index in [1.54, 1.807) is 17.2 Å². The molecule has 2 aromatic carbocycles. The van der Waals surface area contributed by atoms with Crippen molar-refractivity contribution < 1.29 is 9.53 Å². The lowest BCUT2D eigenvalue weighted by atomic mass is 9.52. The normalized spacial score (nSPS) is 27.4. The summed E-state index contributed by atoms with van der Waals surface area (Å²) in [6, 6.07) is 18.0. The van der Waals surface area contributed by atoms with E-state index in [0.717, 1.165) is 23.7 Å². The first-order valence-electron chi connectivity index (χ1n) is 11.8. The first kappa shape index (κ1) is 20.4. The zero-order valence-corrected chi connectivity index (χ0v) is 18.5. The highest BCUT2D eigenvalue weighted by molar-refractivity contribution is 5.87. The Bertz CT molecular complexity index is 946. The van der Waals surface area contributed by atoms with E-state index in [4.69, 9.17) is 0 Å². The predicted molar refractivity (Wildman–Crippen MR) is 126 cm³/mol. The van der Waals surface area contributed by atoms with Crippen molar-refractivity contribution in [3.63, 3.8) is 0 Å². The van der Waals surface area contributed by atoms with Crippen molar-refractivity contribution in [1.82, 2.24) is 0 Å². The molecule has 0 saturated heterocycles. The molecule has 0 aliphatic heterocycles. The summed E-state index contributed by atoms with van der Waals surface area (Å²) in [5.41, 5.74) is 6.11. The Balaban J connectivity index is 1.20. The van der Waals surface area contributed by atoms with Gasteiger partial charge in [0, 0.05) is 18.3 Å². The highest BCUT2D eigenvalue weighted by Crippen LogP contribution is 2.58. The number of hydrogen-bond acceptors (Lipinski definition) is 3. The summed E-state index contributed by atoms with van der Waals surface area (Å²) in [6.45, 7) is 1.04. The number of esters is 1. The molecule has 2 bridgehead atoms. The second-order valence-electron chi connectivity index (χ2n) is 10.0. The van der Waals surface area contributed by atoms with Crippen LogP contribution in [0.15, 0.2) is 54.6 Å². The molecule has 0 radical (unpaired) electrons. The minimum atomic E-state index is -0.327. The summed E-state index contributed by atoms with van der Waals surface area (Å²) in [6.07, 6.45) is 13.9. The molecule has 0 atom stereocenters. The summed E-state index contributed by atoms with van der Waals surface area (Å²) in [4.78, 5) is 11.3. The molecule has 3 heteroatoms. The predicted octanol–water partition coefficient (Wildman–Crippen LogP) is 6.45. The number of hydrogen-bond donors (Lipinski definition) is 1. The maximum absolute atomic E-state index is 11.3. The van der Waals surface area contributed by atoms with Crippen LogP contribution >= 0.6 is 0 Å². The Hall–Kier alpha value is -2.55. The largest absolute Gasteiger partial charge is 0.466 e. The van der Waals surface area contributed by atoms with Gasteiger partial charge < -0.3 is 10.1 Å². The van der Waals surface area contributed by atoms with Crippen molar-refractivity contribution in [2.24, 2.45) is 5.41 Å². The number of carbonyl (C=O) groups is 1. The number of anilines is 1. The van der Waals surface area contributed by atoms with Crippen LogP contribution in [0.5, 0.6) is 0 Å². The molecule has 4 aliphatic carbocycles. The zero-order valence-electron chi connectivity index (χ0n) is 18.5. The van der Waals surface area contributed by atoms with Crippen LogP contribution in [0, 0.1) is 5.41 Å². The van der Waals surface area contributed by atoms with Gasteiger partial charge in [0.15, 0.2) is 0 Å². The van der Waals surface area contributed by atoms with Gasteiger partial charge in [-0.05, 0) is 103 Å². The van der Waals surface area contributed by atoms with Gasteiger partial charge in [-0.15, -0.1) is 0 Å². The molecular formula is C28H33NO2. The van der Waals surface area contributed by atoms with Gasteiger partial charge in [-0.3, -0.25) is 0 Å². The molecule has 0 spiro atoms. The fourth-order valence-corrected chi connectivity index (χ4v) is 5.76. The smallest absolute Gasteiger partial charge is 0.330 e. The monoisotopic (exact) mass is 415 g/mol. The average molecular weight is 416 g/mol. The molecule has 1 N–H and O–H groups in total. The standard InChI is InChI=1S/C28H33NO2/c1-31-26(30)12-5-21-3-2-4-25(19-21)29-20-27-13-16-28(17-14-27,18-15-27)24-10-8-23(9-11-24)22-6-7-22/h2-5,8-12,19,22,29H,6-7,13-18,20H2,1H3/b12-5+. The Morgan fingerprint density at radius 3 is 2.39 bits per heavy atom. The molecular weight excluding hydrogens is 382 g/mol. The van der Waals surface area contributed by atoms with Crippen molar-refractivity contribution >= 4 is 17.7 Å². The van der Waals surface area contributed by atoms with E-state index in [-0.39, 0.29) is 5.97 Å². The number of rotatable bonds is 7. The molecule has 4 saturated carbocycles. The summed E-state index contributed by atoms with van der Waals surface area (Å²) < 4.78 is 4.68. The Kier molecular flexibility index (Phi) is 5.37. The topological polar surface area (TPSA) is 38.3 Å². The van der Waals surface area contributed by atoms with Gasteiger partial charge in [-0.2, -0.15) is 0 Å². The number of nitrogens with one attached hydrogen (secondary N) is 1. The summed E-state index contributed by atoms with van der Waals surface area (Å²) >= 11 is 0. The number of fused-ring (bicyclic) bond motifs is 3. The van der Waals surface area contributed by atoms with E-state index in [0.29, 0.717) is 10.8 Å². The SMILES string of the molecule is COC(=O)/C=C/c1cccc(NCC23CCC(c4ccc(C5CC5)cc4)(CC2)CC3)c1. The van der Waals surface area contributed by atoms with Gasteiger partial charge in [0.1, 0.15) is 0 Å². The molecule has 31 heavy (non-hydrogen) atoms. The summed E-state index contributed by atoms with van der Waals surface area (Å²) in [5.74, 6) is 0.518. The molecule has 162 valence electrons. The van der Waals surface area contributed by atoms with Crippen molar-refractivity contribution in [1.29, 1.82) is 0 Å². The molecule has 6 rings (SSSR count). The van der Waals surface area contributed by atoms with Crippen LogP contribution in [0.4, 0.5) is 5.69 Å². The molecule has 2 aromatic rings. The van der Waals surface area contributed by atoms with Gasteiger partial charge in [0.2, 0.25) is 0 Å². The number of benzene rings is 2. The van der Waals surface area contributed by atoms with Crippen LogP contribution in [0.2, 0.25) is 0 Å². The second-order valence-corrected chi connectivity index (χ2v) is 10.0. The minimum Gasteiger partial charge on any atom is -0.466 e. The first-order chi connectivity index (χ1) is 15.1. The van der Waals surface area contributed by atoms with Crippen LogP contribution in [-0.4, -0.2) is 19.6 Å². The maximum atomic E-state index is 11.3. The van der Waals surface area contributed by atoms with Crippen molar-refractivity contribution in [3.8, 4) is 0 Å². The van der Waals surface area contributed by atoms with Crippen molar-refractivity contribution in [2.45, 2.75) is 62.7 Å². The van der Waals surface area contributed by atoms with Gasteiger partial charge in [-0.25, -0.2) is 4.79 Å². The summed E-state index contributed by atoms with van der Waals surface area (Å²) in [7, 11) is 1.40. The number of ether oxygens (including phenoxy) is 1. The Morgan fingerprint density at radius 1 is 1.03 bits per heavy atom. The minimum absolute atomic E-state index is 0.327. The third-order valence-corrected chi connectivity index (χ3v) is 8.14. The highest BCUT2D eigenvalue weighted by Gasteiger charge is 2.49. The quantitative estimate of drug-likeness (QED) is 0.417. The van der Waals surface area contributed by atoms with E-state index >= 15 is 0 Å². The van der Waals surface area contributed by atoms with Crippen LogP contribution in [0.3, 0.4) is 0 Å². The Morgan fingerprint density at radius 2 is 1.74 bits per heavy atom. The molecule has 0 heterocycles. The lowest BCUT2D eigenvalue weighted by Gasteiger charge is -2.54. The third kappa shape index (κ3) is 4.28. The lowest BCUT2D eigenvalue weighted by molar-refractivity contribution is -0.134. The fraction of sp³-hybridized carbons (Fsp3) is 0.464. The number of carbonyl (C=O) groups excluding carboxylic acids is 1. The molecule has 4 fully saturated rings.